The highest BCUT2D eigenvalue weighted by Crippen LogP contribution is 2.28. The fraction of sp³-hybridized carbons (Fsp3) is 0.400. The van der Waals surface area contributed by atoms with Crippen molar-refractivity contribution in [3.8, 4) is 11.5 Å². The number of aryl methyl sites for hydroxylation is 2. The van der Waals surface area contributed by atoms with Crippen LogP contribution < -0.4 is 14.2 Å². The summed E-state index contributed by atoms with van der Waals surface area (Å²) in [6, 6.07) is 10.8. The molecule has 0 saturated carbocycles. The van der Waals surface area contributed by atoms with Gasteiger partial charge in [0.05, 0.1) is 12.0 Å². The first-order valence-corrected chi connectivity index (χ1v) is 10.1. The third-order valence-electron chi connectivity index (χ3n) is 3.99. The zero-order chi connectivity index (χ0) is 19.3. The molecule has 5 nitrogen and oxygen atoms in total. The first kappa shape index (κ1) is 20.3. The summed E-state index contributed by atoms with van der Waals surface area (Å²) in [5, 5.41) is 0. The first-order chi connectivity index (χ1) is 12.2. The van der Waals surface area contributed by atoms with Crippen LogP contribution in [0.2, 0.25) is 0 Å². The Balaban J connectivity index is 2.01. The molecule has 0 bridgehead atoms. The van der Waals surface area contributed by atoms with Crippen molar-refractivity contribution in [1.29, 1.82) is 0 Å². The Kier molecular flexibility index (Phi) is 6.67. The molecule has 0 spiro atoms. The third-order valence-corrected chi connectivity index (χ3v) is 5.45. The van der Waals surface area contributed by atoms with E-state index in [9.17, 15) is 8.42 Å². The molecule has 0 aliphatic heterocycles. The van der Waals surface area contributed by atoms with E-state index < -0.39 is 10.0 Å². The molecule has 2 rings (SSSR count). The Labute approximate surface area is 156 Å². The second kappa shape index (κ2) is 8.56. The lowest BCUT2D eigenvalue weighted by Crippen LogP contribution is -2.28. The summed E-state index contributed by atoms with van der Waals surface area (Å²) in [5.41, 5.74) is 3.09. The van der Waals surface area contributed by atoms with Gasteiger partial charge in [-0.05, 0) is 66.8 Å². The van der Waals surface area contributed by atoms with Gasteiger partial charge in [0.15, 0.2) is 0 Å². The molecule has 142 valence electrons. The molecule has 0 amide bonds. The van der Waals surface area contributed by atoms with Crippen LogP contribution in [-0.4, -0.2) is 28.7 Å². The molecular weight excluding hydrogens is 350 g/mol. The van der Waals surface area contributed by atoms with Gasteiger partial charge >= 0.3 is 0 Å². The van der Waals surface area contributed by atoms with Crippen LogP contribution in [0.3, 0.4) is 0 Å². The lowest BCUT2D eigenvalue weighted by Gasteiger charge is -2.14. The van der Waals surface area contributed by atoms with Gasteiger partial charge in [-0.3, -0.25) is 0 Å². The molecule has 0 saturated heterocycles. The number of sulfonamides is 1. The van der Waals surface area contributed by atoms with Crippen molar-refractivity contribution < 1.29 is 17.9 Å². The highest BCUT2D eigenvalue weighted by atomic mass is 32.2. The van der Waals surface area contributed by atoms with Crippen molar-refractivity contribution in [3.05, 3.63) is 53.1 Å². The summed E-state index contributed by atoms with van der Waals surface area (Å²) in [6.07, 6.45) is 0. The normalized spacial score (nSPS) is 11.6. The van der Waals surface area contributed by atoms with Gasteiger partial charge in [-0.15, -0.1) is 0 Å². The number of nitrogens with one attached hydrogen (secondary N) is 1. The lowest BCUT2D eigenvalue weighted by atomic mass is 10.0. The molecule has 6 heteroatoms. The van der Waals surface area contributed by atoms with Crippen LogP contribution in [0.25, 0.3) is 0 Å². The Hall–Kier alpha value is -2.05. The molecule has 0 fully saturated rings. The standard InChI is InChI=1S/C20H27NO4S/c1-14(2)19-13-18(6-7-20(19)24-5)26(22,23)21-8-9-25-17-11-15(3)10-16(4)12-17/h6-7,10-14,21H,8-9H2,1-5H3. The van der Waals surface area contributed by atoms with E-state index in [4.69, 9.17) is 9.47 Å². The molecule has 26 heavy (non-hydrogen) atoms. The topological polar surface area (TPSA) is 64.6 Å². The molecule has 2 aromatic rings. The van der Waals surface area contributed by atoms with E-state index in [0.717, 1.165) is 22.4 Å². The monoisotopic (exact) mass is 377 g/mol. The number of rotatable bonds is 8. The summed E-state index contributed by atoms with van der Waals surface area (Å²) >= 11 is 0. The number of methoxy groups -OCH3 is 1. The molecule has 1 N–H and O–H groups in total. The van der Waals surface area contributed by atoms with Gasteiger partial charge in [0.1, 0.15) is 18.1 Å². The fourth-order valence-electron chi connectivity index (χ4n) is 2.78. The zero-order valence-corrected chi connectivity index (χ0v) is 16.8. The van der Waals surface area contributed by atoms with E-state index in [1.54, 1.807) is 25.3 Å². The van der Waals surface area contributed by atoms with Crippen LogP contribution in [0.1, 0.15) is 36.5 Å². The van der Waals surface area contributed by atoms with Gasteiger partial charge in [-0.1, -0.05) is 19.9 Å². The Morgan fingerprint density at radius 1 is 1.04 bits per heavy atom. The summed E-state index contributed by atoms with van der Waals surface area (Å²) in [6.45, 7) is 8.45. The van der Waals surface area contributed by atoms with Crippen molar-refractivity contribution in [2.45, 2.75) is 38.5 Å². The number of hydrogen-bond acceptors (Lipinski definition) is 4. The minimum Gasteiger partial charge on any atom is -0.496 e. The average Bonchev–Trinajstić information content (AvgIpc) is 2.57. The Bertz CT molecular complexity index is 840. The smallest absolute Gasteiger partial charge is 0.240 e. The summed E-state index contributed by atoms with van der Waals surface area (Å²) in [4.78, 5) is 0.230. The van der Waals surface area contributed by atoms with Crippen LogP contribution in [0.4, 0.5) is 0 Å². The molecule has 0 unspecified atom stereocenters. The van der Waals surface area contributed by atoms with Gasteiger partial charge in [0.25, 0.3) is 0 Å². The van der Waals surface area contributed by atoms with Crippen molar-refractivity contribution in [2.24, 2.45) is 0 Å². The Morgan fingerprint density at radius 3 is 2.27 bits per heavy atom. The van der Waals surface area contributed by atoms with Crippen molar-refractivity contribution in [3.63, 3.8) is 0 Å². The molecule has 0 aromatic heterocycles. The van der Waals surface area contributed by atoms with Crippen molar-refractivity contribution >= 4 is 10.0 Å². The minimum absolute atomic E-state index is 0.160. The average molecular weight is 378 g/mol. The van der Waals surface area contributed by atoms with Gasteiger partial charge in [0, 0.05) is 6.54 Å². The zero-order valence-electron chi connectivity index (χ0n) is 16.0. The highest BCUT2D eigenvalue weighted by molar-refractivity contribution is 7.89. The van der Waals surface area contributed by atoms with Crippen LogP contribution in [-0.2, 0) is 10.0 Å². The molecule has 0 aliphatic carbocycles. The highest BCUT2D eigenvalue weighted by Gasteiger charge is 2.17. The van der Waals surface area contributed by atoms with E-state index in [1.807, 2.05) is 39.8 Å². The predicted octanol–water partition coefficient (Wildman–Crippen LogP) is 3.79. The SMILES string of the molecule is COc1ccc(S(=O)(=O)NCCOc2cc(C)cc(C)c2)cc1C(C)C. The van der Waals surface area contributed by atoms with Crippen LogP contribution in [0.5, 0.6) is 11.5 Å². The van der Waals surface area contributed by atoms with E-state index in [2.05, 4.69) is 10.8 Å². The summed E-state index contributed by atoms with van der Waals surface area (Å²) < 4.78 is 38.6. The maximum absolute atomic E-state index is 12.5. The van der Waals surface area contributed by atoms with Crippen LogP contribution in [0, 0.1) is 13.8 Å². The van der Waals surface area contributed by atoms with E-state index in [1.165, 1.54) is 0 Å². The lowest BCUT2D eigenvalue weighted by molar-refractivity contribution is 0.322. The maximum atomic E-state index is 12.5. The second-order valence-corrected chi connectivity index (χ2v) is 8.40. The van der Waals surface area contributed by atoms with Crippen LogP contribution >= 0.6 is 0 Å². The van der Waals surface area contributed by atoms with Gasteiger partial charge in [-0.25, -0.2) is 13.1 Å². The molecule has 0 radical (unpaired) electrons. The maximum Gasteiger partial charge on any atom is 0.240 e. The van der Waals surface area contributed by atoms with E-state index in [-0.39, 0.29) is 24.0 Å². The third kappa shape index (κ3) is 5.22. The number of ether oxygens (including phenoxy) is 2. The van der Waals surface area contributed by atoms with Crippen LogP contribution in [0.15, 0.2) is 41.3 Å². The van der Waals surface area contributed by atoms with Gasteiger partial charge in [0.2, 0.25) is 10.0 Å². The van der Waals surface area contributed by atoms with Crippen molar-refractivity contribution in [2.75, 3.05) is 20.3 Å². The molecule has 0 aliphatic rings. The predicted molar refractivity (Wildman–Crippen MR) is 104 cm³/mol. The quantitative estimate of drug-likeness (QED) is 0.711. The summed E-state index contributed by atoms with van der Waals surface area (Å²) in [5.74, 6) is 1.60. The fourth-order valence-corrected chi connectivity index (χ4v) is 3.82. The van der Waals surface area contributed by atoms with E-state index >= 15 is 0 Å². The molecule has 0 atom stereocenters. The van der Waals surface area contributed by atoms with E-state index in [0.29, 0.717) is 5.75 Å². The second-order valence-electron chi connectivity index (χ2n) is 6.63. The number of benzene rings is 2. The first-order valence-electron chi connectivity index (χ1n) is 8.61. The largest absolute Gasteiger partial charge is 0.496 e. The molecule has 2 aromatic carbocycles. The summed E-state index contributed by atoms with van der Waals surface area (Å²) in [7, 11) is -2.02. The molecule has 0 heterocycles. The van der Waals surface area contributed by atoms with Gasteiger partial charge in [-0.2, -0.15) is 0 Å². The van der Waals surface area contributed by atoms with Gasteiger partial charge < -0.3 is 9.47 Å². The minimum atomic E-state index is -3.60. The van der Waals surface area contributed by atoms with Crippen molar-refractivity contribution in [1.82, 2.24) is 4.72 Å². The molecular formula is C20H27NO4S. The number of hydrogen-bond donors (Lipinski definition) is 1. The Morgan fingerprint density at radius 2 is 1.69 bits per heavy atom.